The fraction of sp³-hybridized carbons (Fsp3) is 0.267. The summed E-state index contributed by atoms with van der Waals surface area (Å²) in [5.41, 5.74) is 15.2. The summed E-state index contributed by atoms with van der Waals surface area (Å²) in [6, 6.07) is 53.8. The van der Waals surface area contributed by atoms with Crippen molar-refractivity contribution in [2.24, 2.45) is 0 Å². The predicted octanol–water partition coefficient (Wildman–Crippen LogP) is 16.5. The molecule has 3 aromatic heterocycles. The molecule has 9 rings (SSSR count). The Labute approximate surface area is 385 Å². The van der Waals surface area contributed by atoms with Crippen molar-refractivity contribution in [1.82, 2.24) is 19.3 Å². The topological polar surface area (TPSA) is 44.9 Å². The van der Waals surface area contributed by atoms with E-state index in [0.717, 1.165) is 90.3 Å². The SMILES string of the molecule is CCCCCCCCCCCCCCCCOn1c2ccc1cc1nc(c(-c3ccccc3)c3c(-c4ccccc4)c(-c4ccccc4)c(cc4nc(c2)C=C4)n3-c2ccccc2)C=C1. The minimum atomic E-state index is 0.648. The van der Waals surface area contributed by atoms with Gasteiger partial charge in [-0.15, -0.1) is 0 Å². The van der Waals surface area contributed by atoms with E-state index in [0.29, 0.717) is 6.61 Å². The molecule has 5 heteroatoms. The molecule has 0 fully saturated rings. The first-order valence-electron chi connectivity index (χ1n) is 24.3. The lowest BCUT2D eigenvalue weighted by atomic mass is 9.93. The van der Waals surface area contributed by atoms with Crippen molar-refractivity contribution in [3.63, 3.8) is 0 Å². The highest BCUT2D eigenvalue weighted by molar-refractivity contribution is 6.10. The van der Waals surface area contributed by atoms with Crippen LogP contribution in [0.5, 0.6) is 0 Å². The smallest absolute Gasteiger partial charge is 0.115 e. The van der Waals surface area contributed by atoms with Crippen LogP contribution in [0.1, 0.15) is 120 Å². The van der Waals surface area contributed by atoms with Gasteiger partial charge < -0.3 is 9.40 Å². The lowest BCUT2D eigenvalue weighted by molar-refractivity contribution is 0.125. The Morgan fingerprint density at radius 1 is 0.415 bits per heavy atom. The molecular weight excluding hydrogens is 793 g/mol. The Morgan fingerprint density at radius 3 is 1.42 bits per heavy atom. The molecule has 65 heavy (non-hydrogen) atoms. The number of unbranched alkanes of at least 4 members (excludes halogenated alkanes) is 13. The standard InChI is InChI=1S/C60H62N4O/c1-2-3-4-5-6-7-8-9-10-11-12-13-14-27-42-65-64-53-39-40-54(64)44-50-38-41-55(62-50)57(46-28-19-15-20-29-46)60-59(48-32-23-17-24-33-48)58(47-30-21-16-22-31-47)56(45-51-37-36-49(43-53)61-51)63(60)52-34-25-18-26-35-52/h15-26,28-41,43-45H,2-14,27,42H2,1H3. The monoisotopic (exact) mass is 854 g/mol. The lowest BCUT2D eigenvalue weighted by Crippen LogP contribution is -2.12. The van der Waals surface area contributed by atoms with E-state index in [9.17, 15) is 0 Å². The van der Waals surface area contributed by atoms with E-state index in [1.165, 1.54) is 83.5 Å². The van der Waals surface area contributed by atoms with Gasteiger partial charge in [-0.05, 0) is 96.3 Å². The van der Waals surface area contributed by atoms with Crippen LogP contribution in [0.3, 0.4) is 0 Å². The van der Waals surface area contributed by atoms with Gasteiger partial charge in [0.25, 0.3) is 0 Å². The van der Waals surface area contributed by atoms with Crippen LogP contribution in [-0.4, -0.2) is 25.9 Å². The van der Waals surface area contributed by atoms with Crippen LogP contribution in [0.25, 0.3) is 85.4 Å². The third-order valence-electron chi connectivity index (χ3n) is 12.7. The third-order valence-corrected chi connectivity index (χ3v) is 12.7. The zero-order valence-electron chi connectivity index (χ0n) is 38.0. The molecule has 7 aromatic rings. The van der Waals surface area contributed by atoms with Gasteiger partial charge in [0.15, 0.2) is 0 Å². The van der Waals surface area contributed by atoms with E-state index in [1.807, 2.05) is 4.73 Å². The van der Waals surface area contributed by atoms with E-state index in [4.69, 9.17) is 14.8 Å². The van der Waals surface area contributed by atoms with Crippen molar-refractivity contribution in [2.75, 3.05) is 6.61 Å². The fourth-order valence-electron chi connectivity index (χ4n) is 9.47. The molecule has 5 heterocycles. The molecule has 0 amide bonds. The van der Waals surface area contributed by atoms with Gasteiger partial charge >= 0.3 is 0 Å². The van der Waals surface area contributed by atoms with E-state index < -0.39 is 0 Å². The molecule has 0 N–H and O–H groups in total. The van der Waals surface area contributed by atoms with Crippen LogP contribution in [0, 0.1) is 0 Å². The summed E-state index contributed by atoms with van der Waals surface area (Å²) in [6.07, 6.45) is 27.2. The maximum Gasteiger partial charge on any atom is 0.115 e. The minimum Gasteiger partial charge on any atom is -0.413 e. The molecule has 8 bridgehead atoms. The molecular formula is C60H62N4O. The quantitative estimate of drug-likeness (QED) is 0.0718. The molecule has 5 nitrogen and oxygen atoms in total. The summed E-state index contributed by atoms with van der Waals surface area (Å²) in [5.74, 6) is 0. The van der Waals surface area contributed by atoms with Crippen LogP contribution < -0.4 is 4.84 Å². The van der Waals surface area contributed by atoms with Crippen molar-refractivity contribution in [3.8, 4) is 39.1 Å². The zero-order valence-corrected chi connectivity index (χ0v) is 38.0. The van der Waals surface area contributed by atoms with Gasteiger partial charge in [-0.1, -0.05) is 193 Å². The Kier molecular flexibility index (Phi) is 14.6. The number of fused-ring (bicyclic) bond motifs is 8. The molecule has 0 spiro atoms. The highest BCUT2D eigenvalue weighted by Crippen LogP contribution is 2.47. The first-order chi connectivity index (χ1) is 32.2. The number of para-hydroxylation sites is 1. The third kappa shape index (κ3) is 10.5. The zero-order chi connectivity index (χ0) is 44.0. The van der Waals surface area contributed by atoms with Gasteiger partial charge in [0, 0.05) is 22.4 Å². The second-order valence-corrected chi connectivity index (χ2v) is 17.5. The van der Waals surface area contributed by atoms with E-state index in [2.05, 4.69) is 187 Å². The van der Waals surface area contributed by atoms with Gasteiger partial charge in [-0.2, -0.15) is 4.73 Å². The summed E-state index contributed by atoms with van der Waals surface area (Å²) in [4.78, 5) is 17.4. The molecule has 0 atom stereocenters. The van der Waals surface area contributed by atoms with Gasteiger partial charge in [-0.25, -0.2) is 9.97 Å². The summed E-state index contributed by atoms with van der Waals surface area (Å²) >= 11 is 0. The molecule has 0 saturated carbocycles. The molecule has 4 aromatic carbocycles. The molecule has 2 aliphatic rings. The van der Waals surface area contributed by atoms with Crippen LogP contribution in [0.15, 0.2) is 152 Å². The van der Waals surface area contributed by atoms with E-state index >= 15 is 0 Å². The van der Waals surface area contributed by atoms with Crippen LogP contribution in [0.4, 0.5) is 0 Å². The Bertz CT molecular complexity index is 2870. The summed E-state index contributed by atoms with van der Waals surface area (Å²) in [6.45, 7) is 2.94. The molecule has 0 unspecified atom stereocenters. The normalized spacial score (nSPS) is 12.0. The number of aromatic nitrogens is 4. The Hall–Kier alpha value is -6.72. The second kappa shape index (κ2) is 21.8. The molecule has 0 aliphatic carbocycles. The molecule has 328 valence electrons. The van der Waals surface area contributed by atoms with Gasteiger partial charge in [0.05, 0.1) is 44.8 Å². The van der Waals surface area contributed by atoms with Gasteiger partial charge in [-0.3, -0.25) is 0 Å². The average Bonchev–Trinajstić information content (AvgIpc) is 4.16. The summed E-state index contributed by atoms with van der Waals surface area (Å²) in [5, 5.41) is 0. The minimum absolute atomic E-state index is 0.648. The number of rotatable bonds is 20. The Balaban J connectivity index is 1.14. The van der Waals surface area contributed by atoms with E-state index in [-0.39, 0.29) is 0 Å². The number of hydrogen-bond donors (Lipinski definition) is 0. The lowest BCUT2D eigenvalue weighted by Gasteiger charge is -2.13. The highest BCUT2D eigenvalue weighted by atomic mass is 16.7. The number of nitrogens with zero attached hydrogens (tertiary/aromatic N) is 4. The van der Waals surface area contributed by atoms with Crippen molar-refractivity contribution in [2.45, 2.75) is 96.8 Å². The van der Waals surface area contributed by atoms with Gasteiger partial charge in [0.2, 0.25) is 0 Å². The van der Waals surface area contributed by atoms with Crippen molar-refractivity contribution >= 4 is 46.4 Å². The van der Waals surface area contributed by atoms with Crippen LogP contribution in [-0.2, 0) is 0 Å². The molecule has 2 aliphatic heterocycles. The maximum atomic E-state index is 6.65. The summed E-state index contributed by atoms with van der Waals surface area (Å²) in [7, 11) is 0. The maximum absolute atomic E-state index is 6.65. The van der Waals surface area contributed by atoms with Gasteiger partial charge in [0.1, 0.15) is 6.61 Å². The first kappa shape index (κ1) is 43.5. The highest BCUT2D eigenvalue weighted by Gasteiger charge is 2.25. The Morgan fingerprint density at radius 2 is 0.862 bits per heavy atom. The van der Waals surface area contributed by atoms with E-state index in [1.54, 1.807) is 0 Å². The predicted molar refractivity (Wildman–Crippen MR) is 276 cm³/mol. The molecule has 0 radical (unpaired) electrons. The number of benzene rings is 4. The van der Waals surface area contributed by atoms with Crippen molar-refractivity contribution in [3.05, 3.63) is 174 Å². The second-order valence-electron chi connectivity index (χ2n) is 17.5. The van der Waals surface area contributed by atoms with Crippen molar-refractivity contribution < 1.29 is 4.84 Å². The largest absolute Gasteiger partial charge is 0.413 e. The average molecular weight is 855 g/mol. The van der Waals surface area contributed by atoms with Crippen LogP contribution >= 0.6 is 0 Å². The van der Waals surface area contributed by atoms with Crippen molar-refractivity contribution in [1.29, 1.82) is 0 Å². The fourth-order valence-corrected chi connectivity index (χ4v) is 9.47. The van der Waals surface area contributed by atoms with Crippen LogP contribution in [0.2, 0.25) is 0 Å². The first-order valence-corrected chi connectivity index (χ1v) is 24.3. The molecule has 0 saturated heterocycles. The number of hydrogen-bond acceptors (Lipinski definition) is 3. The summed E-state index contributed by atoms with van der Waals surface area (Å²) < 4.78 is 4.41.